The van der Waals surface area contributed by atoms with Crippen molar-refractivity contribution in [1.82, 2.24) is 10.2 Å². The maximum absolute atomic E-state index is 11.5. The molecule has 1 aliphatic heterocycles. The lowest BCUT2D eigenvalue weighted by Gasteiger charge is -2.30. The Labute approximate surface area is 123 Å². The predicted molar refractivity (Wildman–Crippen MR) is 82.7 cm³/mol. The van der Waals surface area contributed by atoms with E-state index in [4.69, 9.17) is 0 Å². The van der Waals surface area contributed by atoms with Crippen LogP contribution >= 0.6 is 0 Å². The van der Waals surface area contributed by atoms with E-state index in [0.29, 0.717) is 18.1 Å². The van der Waals surface area contributed by atoms with E-state index < -0.39 is 9.84 Å². The van der Waals surface area contributed by atoms with Crippen molar-refractivity contribution >= 4 is 9.84 Å². The van der Waals surface area contributed by atoms with Crippen molar-refractivity contribution in [3.8, 4) is 0 Å². The molecule has 1 rings (SSSR count). The maximum atomic E-state index is 11.5. The molecule has 0 aromatic rings. The molecule has 0 bridgehead atoms. The van der Waals surface area contributed by atoms with Crippen LogP contribution in [0, 0.1) is 0 Å². The van der Waals surface area contributed by atoms with Crippen LogP contribution in [0.1, 0.15) is 39.5 Å². The molecule has 1 aliphatic rings. The van der Waals surface area contributed by atoms with Crippen molar-refractivity contribution in [3.05, 3.63) is 0 Å². The smallest absolute Gasteiger partial charge is 0.151 e. The van der Waals surface area contributed by atoms with E-state index in [1.165, 1.54) is 0 Å². The summed E-state index contributed by atoms with van der Waals surface area (Å²) in [7, 11) is -2.82. The molecular formula is C14H30N2O3S. The molecule has 1 saturated heterocycles. The molecule has 5 nitrogen and oxygen atoms in total. The monoisotopic (exact) mass is 306 g/mol. The van der Waals surface area contributed by atoms with Crippen LogP contribution < -0.4 is 5.32 Å². The highest BCUT2D eigenvalue weighted by atomic mass is 32.2. The summed E-state index contributed by atoms with van der Waals surface area (Å²) in [4.78, 5) is 2.24. The van der Waals surface area contributed by atoms with Crippen molar-refractivity contribution < 1.29 is 13.5 Å². The summed E-state index contributed by atoms with van der Waals surface area (Å²) in [5.41, 5.74) is -0.214. The Hall–Kier alpha value is -0.170. The molecule has 1 unspecified atom stereocenters. The van der Waals surface area contributed by atoms with Crippen molar-refractivity contribution in [2.24, 2.45) is 0 Å². The van der Waals surface area contributed by atoms with Gasteiger partial charge in [0.05, 0.1) is 18.1 Å². The molecule has 2 N–H and O–H groups in total. The number of hydrogen-bond donors (Lipinski definition) is 2. The van der Waals surface area contributed by atoms with Gasteiger partial charge in [0.15, 0.2) is 9.84 Å². The van der Waals surface area contributed by atoms with E-state index in [-0.39, 0.29) is 12.1 Å². The molecule has 120 valence electrons. The summed E-state index contributed by atoms with van der Waals surface area (Å²) in [6.45, 7) is 7.66. The minimum absolute atomic E-state index is 0.140. The van der Waals surface area contributed by atoms with Gasteiger partial charge >= 0.3 is 0 Å². The minimum atomic E-state index is -2.82. The second-order valence-electron chi connectivity index (χ2n) is 6.10. The molecule has 0 aliphatic carbocycles. The molecule has 0 saturated carbocycles. The molecule has 1 atom stereocenters. The number of aliphatic hydroxyl groups excluding tert-OH is 1. The fourth-order valence-electron chi connectivity index (χ4n) is 2.56. The number of rotatable bonds is 8. The lowest BCUT2D eigenvalue weighted by molar-refractivity contribution is 0.157. The van der Waals surface area contributed by atoms with Crippen molar-refractivity contribution in [2.45, 2.75) is 45.1 Å². The Morgan fingerprint density at radius 3 is 2.70 bits per heavy atom. The van der Waals surface area contributed by atoms with Crippen molar-refractivity contribution in [3.63, 3.8) is 0 Å². The van der Waals surface area contributed by atoms with Crippen molar-refractivity contribution in [1.29, 1.82) is 0 Å². The zero-order chi connectivity index (χ0) is 15.1. The highest BCUT2D eigenvalue weighted by molar-refractivity contribution is 7.91. The normalized spacial score (nSPS) is 23.1. The number of nitrogens with one attached hydrogen (secondary N) is 1. The van der Waals surface area contributed by atoms with Gasteiger partial charge in [-0.05, 0) is 52.2 Å². The van der Waals surface area contributed by atoms with Gasteiger partial charge in [-0.2, -0.15) is 0 Å². The SMILES string of the molecule is CCCNC(C)(CO)CCCN1CCCS(=O)(=O)CC1. The predicted octanol–water partition coefficient (Wildman–Crippen LogP) is 0.638. The molecule has 0 spiro atoms. The fourth-order valence-corrected chi connectivity index (χ4v) is 3.87. The van der Waals surface area contributed by atoms with Gasteiger partial charge in [-0.3, -0.25) is 0 Å². The second kappa shape index (κ2) is 8.32. The molecule has 0 aromatic heterocycles. The summed E-state index contributed by atoms with van der Waals surface area (Å²) in [5, 5.41) is 12.9. The Morgan fingerprint density at radius 1 is 1.30 bits per heavy atom. The Kier molecular flexibility index (Phi) is 7.43. The Morgan fingerprint density at radius 2 is 2.05 bits per heavy atom. The Bertz CT molecular complexity index is 373. The first-order valence-corrected chi connectivity index (χ1v) is 9.51. The standard InChI is InChI=1S/C14H30N2O3S/c1-3-7-15-14(2,13-17)6-4-8-16-9-5-11-20(18,19)12-10-16/h15,17H,3-13H2,1-2H3. The van der Waals surface area contributed by atoms with E-state index >= 15 is 0 Å². The lowest BCUT2D eigenvalue weighted by Crippen LogP contribution is -2.46. The van der Waals surface area contributed by atoms with Crippen LogP contribution in [-0.4, -0.2) is 68.3 Å². The molecule has 1 heterocycles. The van der Waals surface area contributed by atoms with Gasteiger partial charge in [0, 0.05) is 12.1 Å². The largest absolute Gasteiger partial charge is 0.394 e. The van der Waals surface area contributed by atoms with E-state index in [1.54, 1.807) is 0 Å². The minimum Gasteiger partial charge on any atom is -0.394 e. The molecule has 0 aromatic carbocycles. The van der Waals surface area contributed by atoms with Crippen LogP contribution in [0.25, 0.3) is 0 Å². The molecule has 1 fully saturated rings. The van der Waals surface area contributed by atoms with Crippen LogP contribution in [0.5, 0.6) is 0 Å². The van der Waals surface area contributed by atoms with Gasteiger partial charge < -0.3 is 15.3 Å². The van der Waals surface area contributed by atoms with Gasteiger partial charge in [-0.15, -0.1) is 0 Å². The average molecular weight is 306 g/mol. The third-order valence-electron chi connectivity index (χ3n) is 4.00. The van der Waals surface area contributed by atoms with Gasteiger partial charge in [-0.1, -0.05) is 6.92 Å². The lowest BCUT2D eigenvalue weighted by atomic mass is 9.96. The zero-order valence-electron chi connectivity index (χ0n) is 12.9. The van der Waals surface area contributed by atoms with Crippen LogP contribution in [0.15, 0.2) is 0 Å². The maximum Gasteiger partial charge on any atom is 0.151 e. The first-order chi connectivity index (χ1) is 9.41. The van der Waals surface area contributed by atoms with Gasteiger partial charge in [-0.25, -0.2) is 8.42 Å². The summed E-state index contributed by atoms with van der Waals surface area (Å²) < 4.78 is 23.1. The third kappa shape index (κ3) is 6.52. The van der Waals surface area contributed by atoms with Crippen LogP contribution in [0.2, 0.25) is 0 Å². The number of hydrogen-bond acceptors (Lipinski definition) is 5. The van der Waals surface area contributed by atoms with Crippen molar-refractivity contribution in [2.75, 3.05) is 44.3 Å². The van der Waals surface area contributed by atoms with Gasteiger partial charge in [0.2, 0.25) is 0 Å². The van der Waals surface area contributed by atoms with Crippen LogP contribution in [0.4, 0.5) is 0 Å². The Balaban J connectivity index is 2.32. The van der Waals surface area contributed by atoms with E-state index in [1.807, 2.05) is 0 Å². The summed E-state index contributed by atoms with van der Waals surface area (Å²) in [6.07, 6.45) is 3.69. The summed E-state index contributed by atoms with van der Waals surface area (Å²) >= 11 is 0. The molecule has 20 heavy (non-hydrogen) atoms. The number of sulfone groups is 1. The third-order valence-corrected chi connectivity index (χ3v) is 5.72. The molecule has 0 radical (unpaired) electrons. The molecule has 6 heteroatoms. The first kappa shape index (κ1) is 17.9. The number of nitrogens with zero attached hydrogens (tertiary/aromatic N) is 1. The van der Waals surface area contributed by atoms with Gasteiger partial charge in [0.1, 0.15) is 0 Å². The van der Waals surface area contributed by atoms with Crippen LogP contribution in [-0.2, 0) is 9.84 Å². The summed E-state index contributed by atoms with van der Waals surface area (Å²) in [6, 6.07) is 0. The highest BCUT2D eigenvalue weighted by Gasteiger charge is 2.23. The summed E-state index contributed by atoms with van der Waals surface area (Å²) in [5.74, 6) is 0.619. The fraction of sp³-hybridized carbons (Fsp3) is 1.00. The molecule has 0 amide bonds. The van der Waals surface area contributed by atoms with Crippen LogP contribution in [0.3, 0.4) is 0 Å². The molecular weight excluding hydrogens is 276 g/mol. The quantitative estimate of drug-likeness (QED) is 0.689. The zero-order valence-corrected chi connectivity index (χ0v) is 13.7. The first-order valence-electron chi connectivity index (χ1n) is 7.69. The highest BCUT2D eigenvalue weighted by Crippen LogP contribution is 2.13. The number of aliphatic hydroxyl groups is 1. The van der Waals surface area contributed by atoms with Gasteiger partial charge in [0.25, 0.3) is 0 Å². The topological polar surface area (TPSA) is 69.6 Å². The van der Waals surface area contributed by atoms with E-state index in [9.17, 15) is 13.5 Å². The van der Waals surface area contributed by atoms with E-state index in [0.717, 1.165) is 45.3 Å². The van der Waals surface area contributed by atoms with E-state index in [2.05, 4.69) is 24.1 Å². The second-order valence-corrected chi connectivity index (χ2v) is 8.40. The average Bonchev–Trinajstić information content (AvgIpc) is 2.58.